The van der Waals surface area contributed by atoms with Crippen LogP contribution < -0.4 is 5.32 Å². The largest absolute Gasteiger partial charge is 0.476 e. The minimum Gasteiger partial charge on any atom is -0.476 e. The Morgan fingerprint density at radius 3 is 1.82 bits per heavy atom. The molecule has 1 aliphatic rings. The summed E-state index contributed by atoms with van der Waals surface area (Å²) in [5, 5.41) is 22.2. The maximum absolute atomic E-state index is 13.5. The molecule has 1 aliphatic carbocycles. The summed E-state index contributed by atoms with van der Waals surface area (Å²) >= 11 is 17.5. The van der Waals surface area contributed by atoms with Gasteiger partial charge in [0.15, 0.2) is 22.8 Å². The van der Waals surface area contributed by atoms with Gasteiger partial charge in [-0.3, -0.25) is 4.79 Å². The Labute approximate surface area is 300 Å². The van der Waals surface area contributed by atoms with Crippen LogP contribution in [-0.2, 0) is 12.4 Å². The van der Waals surface area contributed by atoms with Crippen molar-refractivity contribution in [1.82, 2.24) is 25.3 Å². The molecule has 19 heteroatoms. The van der Waals surface area contributed by atoms with Crippen LogP contribution in [0, 0.1) is 0 Å². The Morgan fingerprint density at radius 2 is 1.29 bits per heavy atom. The monoisotopic (exact) mass is 857 g/mol. The van der Waals surface area contributed by atoms with Crippen molar-refractivity contribution in [3.05, 3.63) is 90.6 Å². The third-order valence-corrected chi connectivity index (χ3v) is 8.52. The zero-order valence-electron chi connectivity index (χ0n) is 24.4. The molecule has 260 valence electrons. The van der Waals surface area contributed by atoms with Gasteiger partial charge in [0.1, 0.15) is 20.6 Å². The number of carbonyl (C=O) groups excluding carboxylic acids is 1. The number of halogens is 10. The lowest BCUT2D eigenvalue weighted by Gasteiger charge is -2.28. The van der Waals surface area contributed by atoms with Gasteiger partial charge < -0.3 is 15.5 Å². The molecule has 9 nitrogen and oxygen atoms in total. The second-order valence-electron chi connectivity index (χ2n) is 10.4. The molecule has 1 amide bonds. The standard InChI is InChI=1S/C18H16BrClF3N3O2.C12H5BrClF3N2O2/c19-16-13(9-5-7-10(20)8-6-9)25-14(15(26-16)18(21,22)23)17(28)24-11-3-1-2-4-12(11)27;13-10-7(5-2-1-3-6(14)4-5)18-8(11(20)21)9(19-10)12(15,16)17/h5-8,11-12,27H,1-4H2,(H,24,28);1-4H,(H,20,21)/t11-,12-;/m1./s1. The number of benzene rings is 2. The number of aromatic nitrogens is 4. The van der Waals surface area contributed by atoms with E-state index in [1.54, 1.807) is 36.4 Å². The molecule has 5 rings (SSSR count). The molecule has 1 fully saturated rings. The first kappa shape index (κ1) is 38.4. The number of hydrogen-bond donors (Lipinski definition) is 3. The number of aliphatic hydroxyl groups is 1. The number of rotatable bonds is 5. The highest BCUT2D eigenvalue weighted by molar-refractivity contribution is 9.10. The Balaban J connectivity index is 0.000000230. The van der Waals surface area contributed by atoms with Crippen molar-refractivity contribution >= 4 is 66.9 Å². The van der Waals surface area contributed by atoms with Crippen molar-refractivity contribution in [2.45, 2.75) is 50.2 Å². The average molecular weight is 860 g/mol. The lowest BCUT2D eigenvalue weighted by Crippen LogP contribution is -2.45. The summed E-state index contributed by atoms with van der Waals surface area (Å²) in [5.74, 6) is -2.83. The molecule has 0 spiro atoms. The van der Waals surface area contributed by atoms with Gasteiger partial charge >= 0.3 is 18.3 Å². The van der Waals surface area contributed by atoms with Crippen molar-refractivity contribution in [3.63, 3.8) is 0 Å². The molecule has 0 radical (unpaired) electrons. The minimum absolute atomic E-state index is 0.0390. The molecule has 1 saturated carbocycles. The first-order valence-corrected chi connectivity index (χ1v) is 16.2. The zero-order chi connectivity index (χ0) is 36.3. The number of aliphatic hydroxyl groups excluding tert-OH is 1. The molecule has 2 atom stereocenters. The second kappa shape index (κ2) is 15.7. The van der Waals surface area contributed by atoms with E-state index in [1.165, 1.54) is 12.1 Å². The van der Waals surface area contributed by atoms with E-state index in [-0.39, 0.29) is 20.6 Å². The third kappa shape index (κ3) is 9.66. The van der Waals surface area contributed by atoms with Gasteiger partial charge in [-0.25, -0.2) is 24.7 Å². The van der Waals surface area contributed by atoms with Gasteiger partial charge in [0.25, 0.3) is 5.91 Å². The van der Waals surface area contributed by atoms with E-state index in [0.717, 1.165) is 12.8 Å². The average Bonchev–Trinajstić information content (AvgIpc) is 3.01. The van der Waals surface area contributed by atoms with Crippen LogP contribution in [0.15, 0.2) is 57.7 Å². The number of carboxylic acids is 1. The van der Waals surface area contributed by atoms with E-state index in [2.05, 4.69) is 57.1 Å². The molecule has 2 heterocycles. The Hall–Kier alpha value is -3.38. The van der Waals surface area contributed by atoms with Gasteiger partial charge in [0.05, 0.1) is 12.1 Å². The second-order valence-corrected chi connectivity index (χ2v) is 12.7. The molecule has 0 bridgehead atoms. The summed E-state index contributed by atoms with van der Waals surface area (Å²) in [6.45, 7) is 0. The SMILES string of the molecule is O=C(N[C@@H]1CCCC[C@H]1O)c1nc(-c2ccc(Cl)cc2)c(Br)nc1C(F)(F)F.O=C(O)c1nc(-c2cccc(Cl)c2)c(Br)nc1C(F)(F)F. The van der Waals surface area contributed by atoms with Crippen molar-refractivity contribution < 1.29 is 46.1 Å². The Bertz CT molecular complexity index is 1870. The van der Waals surface area contributed by atoms with Crippen molar-refractivity contribution in [3.8, 4) is 22.5 Å². The van der Waals surface area contributed by atoms with Crippen LogP contribution in [0.4, 0.5) is 26.3 Å². The quantitative estimate of drug-likeness (QED) is 0.169. The first-order valence-electron chi connectivity index (χ1n) is 13.9. The molecule has 2 aromatic carbocycles. The van der Waals surface area contributed by atoms with Crippen molar-refractivity contribution in [2.75, 3.05) is 0 Å². The van der Waals surface area contributed by atoms with Crippen LogP contribution >= 0.6 is 55.1 Å². The Kier molecular flexibility index (Phi) is 12.3. The number of carbonyl (C=O) groups is 2. The molecule has 2 aromatic heterocycles. The summed E-state index contributed by atoms with van der Waals surface area (Å²) < 4.78 is 78.4. The number of hydrogen-bond acceptors (Lipinski definition) is 7. The zero-order valence-corrected chi connectivity index (χ0v) is 29.1. The van der Waals surface area contributed by atoms with Crippen LogP contribution in [0.1, 0.15) is 58.0 Å². The highest BCUT2D eigenvalue weighted by Crippen LogP contribution is 2.36. The number of carboxylic acid groups (broad SMARTS) is 1. The van der Waals surface area contributed by atoms with Crippen LogP contribution in [0.2, 0.25) is 10.0 Å². The molecular formula is C30H21Br2Cl2F6N5O4. The number of nitrogens with zero attached hydrogens (tertiary/aromatic N) is 4. The minimum atomic E-state index is -4.92. The van der Waals surface area contributed by atoms with Crippen LogP contribution in [0.3, 0.4) is 0 Å². The molecule has 0 aliphatic heterocycles. The van der Waals surface area contributed by atoms with Crippen LogP contribution in [-0.4, -0.2) is 54.2 Å². The molecule has 0 saturated heterocycles. The van der Waals surface area contributed by atoms with Gasteiger partial charge in [0.2, 0.25) is 0 Å². The van der Waals surface area contributed by atoms with E-state index in [1.807, 2.05) is 0 Å². The summed E-state index contributed by atoms with van der Waals surface area (Å²) in [6, 6.07) is 11.7. The van der Waals surface area contributed by atoms with E-state index in [9.17, 15) is 41.0 Å². The first-order chi connectivity index (χ1) is 22.9. The number of amides is 1. The van der Waals surface area contributed by atoms with Gasteiger partial charge in [-0.15, -0.1) is 0 Å². The molecule has 49 heavy (non-hydrogen) atoms. The predicted octanol–water partition coefficient (Wildman–Crippen LogP) is 8.89. The third-order valence-electron chi connectivity index (χ3n) is 6.92. The van der Waals surface area contributed by atoms with Crippen LogP contribution in [0.25, 0.3) is 22.5 Å². The van der Waals surface area contributed by atoms with E-state index >= 15 is 0 Å². The lowest BCUT2D eigenvalue weighted by molar-refractivity contribution is -0.142. The number of alkyl halides is 6. The summed E-state index contributed by atoms with van der Waals surface area (Å²) in [6.07, 6.45) is -8.04. The predicted molar refractivity (Wildman–Crippen MR) is 173 cm³/mol. The van der Waals surface area contributed by atoms with Gasteiger partial charge in [-0.2, -0.15) is 26.3 Å². The van der Waals surface area contributed by atoms with Crippen LogP contribution in [0.5, 0.6) is 0 Å². The van der Waals surface area contributed by atoms with E-state index < -0.39 is 59.2 Å². The molecule has 4 aromatic rings. The van der Waals surface area contributed by atoms with Gasteiger partial charge in [-0.1, -0.05) is 60.3 Å². The van der Waals surface area contributed by atoms with Gasteiger partial charge in [-0.05, 0) is 69.0 Å². The lowest BCUT2D eigenvalue weighted by atomic mass is 9.92. The molecular weight excluding hydrogens is 839 g/mol. The summed E-state index contributed by atoms with van der Waals surface area (Å²) in [7, 11) is 0. The smallest absolute Gasteiger partial charge is 0.435 e. The highest BCUT2D eigenvalue weighted by atomic mass is 79.9. The van der Waals surface area contributed by atoms with E-state index in [0.29, 0.717) is 34.0 Å². The maximum atomic E-state index is 13.5. The number of nitrogens with one attached hydrogen (secondary N) is 1. The Morgan fingerprint density at radius 1 is 0.755 bits per heavy atom. The highest BCUT2D eigenvalue weighted by Gasteiger charge is 2.41. The fourth-order valence-electron chi connectivity index (χ4n) is 4.66. The van der Waals surface area contributed by atoms with Crippen molar-refractivity contribution in [1.29, 1.82) is 0 Å². The fraction of sp³-hybridized carbons (Fsp3) is 0.267. The van der Waals surface area contributed by atoms with E-state index in [4.69, 9.17) is 28.3 Å². The van der Waals surface area contributed by atoms with Crippen molar-refractivity contribution in [2.24, 2.45) is 0 Å². The maximum Gasteiger partial charge on any atom is 0.435 e. The fourth-order valence-corrected chi connectivity index (χ4v) is 5.97. The summed E-state index contributed by atoms with van der Waals surface area (Å²) in [5.41, 5.74) is -4.11. The molecule has 3 N–H and O–H groups in total. The number of aromatic carboxylic acids is 1. The van der Waals surface area contributed by atoms with Gasteiger partial charge in [0, 0.05) is 21.2 Å². The topological polar surface area (TPSA) is 138 Å². The normalized spacial score (nSPS) is 16.4. The molecule has 0 unspecified atom stereocenters. The summed E-state index contributed by atoms with van der Waals surface area (Å²) in [4.78, 5) is 38.0.